The van der Waals surface area contributed by atoms with Gasteiger partial charge in [-0.15, -0.1) is 0 Å². The summed E-state index contributed by atoms with van der Waals surface area (Å²) in [5.41, 5.74) is 0.632. The Hall–Kier alpha value is -1.36. The van der Waals surface area contributed by atoms with Gasteiger partial charge in [0.1, 0.15) is 11.0 Å². The largest absolute Gasteiger partial charge is 0.497 e. The van der Waals surface area contributed by atoms with Crippen LogP contribution < -0.4 is 10.1 Å². The van der Waals surface area contributed by atoms with E-state index in [2.05, 4.69) is 5.32 Å². The lowest BCUT2D eigenvalue weighted by Crippen LogP contribution is -2.47. The third-order valence-corrected chi connectivity index (χ3v) is 5.17. The molecule has 0 saturated heterocycles. The summed E-state index contributed by atoms with van der Waals surface area (Å²) in [6, 6.07) is 7.43. The number of nitrogens with one attached hydrogen (secondary N) is 1. The van der Waals surface area contributed by atoms with Crippen LogP contribution in [0, 0.1) is 0 Å². The summed E-state index contributed by atoms with van der Waals surface area (Å²) in [7, 11) is 0.336. The Bertz CT molecular complexity index is 514. The van der Waals surface area contributed by atoms with E-state index >= 15 is 0 Å². The Kier molecular flexibility index (Phi) is 6.40. The highest BCUT2D eigenvalue weighted by molar-refractivity contribution is 7.85. The van der Waals surface area contributed by atoms with Gasteiger partial charge in [0, 0.05) is 22.1 Å². The SMILES string of the molecule is CCC(C)(C)NC(=O)[C@@H](C)[S@@](=O)Cc1cccc(OC)c1. The molecule has 1 aromatic carbocycles. The highest BCUT2D eigenvalue weighted by Gasteiger charge is 2.25. The van der Waals surface area contributed by atoms with Crippen LogP contribution in [-0.2, 0) is 21.3 Å². The van der Waals surface area contributed by atoms with Gasteiger partial charge in [-0.2, -0.15) is 0 Å². The molecular formula is C16H25NO3S. The Morgan fingerprint density at radius 3 is 2.67 bits per heavy atom. The summed E-state index contributed by atoms with van der Waals surface area (Å²) in [5.74, 6) is 0.912. The van der Waals surface area contributed by atoms with Crippen LogP contribution in [0.5, 0.6) is 5.75 Å². The van der Waals surface area contributed by atoms with Crippen LogP contribution in [0.1, 0.15) is 39.7 Å². The van der Waals surface area contributed by atoms with E-state index in [0.29, 0.717) is 5.75 Å². The summed E-state index contributed by atoms with van der Waals surface area (Å²) in [6.45, 7) is 7.64. The lowest BCUT2D eigenvalue weighted by molar-refractivity contribution is -0.121. The van der Waals surface area contributed by atoms with Crippen molar-refractivity contribution < 1.29 is 13.7 Å². The number of rotatable bonds is 7. The number of hydrogen-bond donors (Lipinski definition) is 1. The van der Waals surface area contributed by atoms with Gasteiger partial charge in [0.25, 0.3) is 0 Å². The monoisotopic (exact) mass is 311 g/mol. The third-order valence-electron chi connectivity index (χ3n) is 3.55. The van der Waals surface area contributed by atoms with Crippen molar-refractivity contribution in [1.82, 2.24) is 5.32 Å². The number of ether oxygens (including phenoxy) is 1. The van der Waals surface area contributed by atoms with E-state index in [4.69, 9.17) is 4.74 Å². The van der Waals surface area contributed by atoms with Crippen molar-refractivity contribution in [3.05, 3.63) is 29.8 Å². The normalized spacial score (nSPS) is 14.3. The van der Waals surface area contributed by atoms with Gasteiger partial charge in [-0.25, -0.2) is 0 Å². The van der Waals surface area contributed by atoms with Crippen molar-refractivity contribution in [1.29, 1.82) is 0 Å². The van der Waals surface area contributed by atoms with Crippen molar-refractivity contribution in [3.63, 3.8) is 0 Å². The highest BCUT2D eigenvalue weighted by Crippen LogP contribution is 2.16. The predicted octanol–water partition coefficient (Wildman–Crippen LogP) is 2.64. The molecule has 0 aromatic heterocycles. The zero-order chi connectivity index (χ0) is 16.0. The maximum atomic E-state index is 12.3. The van der Waals surface area contributed by atoms with Gasteiger partial charge in [-0.05, 0) is 44.9 Å². The van der Waals surface area contributed by atoms with Crippen molar-refractivity contribution in [2.75, 3.05) is 7.11 Å². The van der Waals surface area contributed by atoms with Crippen molar-refractivity contribution >= 4 is 16.7 Å². The van der Waals surface area contributed by atoms with Crippen LogP contribution in [0.25, 0.3) is 0 Å². The first-order chi connectivity index (χ1) is 9.79. The molecule has 2 atom stereocenters. The molecule has 0 spiro atoms. The molecule has 0 aliphatic carbocycles. The number of carbonyl (C=O) groups is 1. The van der Waals surface area contributed by atoms with Crippen LogP contribution in [0.15, 0.2) is 24.3 Å². The first kappa shape index (κ1) is 17.7. The van der Waals surface area contributed by atoms with Gasteiger partial charge >= 0.3 is 0 Å². The van der Waals surface area contributed by atoms with Gasteiger partial charge < -0.3 is 10.1 Å². The summed E-state index contributed by atoms with van der Waals surface area (Å²) in [4.78, 5) is 12.1. The molecule has 21 heavy (non-hydrogen) atoms. The van der Waals surface area contributed by atoms with Crippen LogP contribution in [0.3, 0.4) is 0 Å². The van der Waals surface area contributed by atoms with Crippen molar-refractivity contribution in [2.45, 2.75) is 50.7 Å². The zero-order valence-corrected chi connectivity index (χ0v) is 14.3. The molecule has 0 aliphatic rings. The molecule has 0 saturated carbocycles. The Morgan fingerprint density at radius 1 is 1.43 bits per heavy atom. The minimum atomic E-state index is -1.26. The molecule has 0 unspecified atom stereocenters. The fourth-order valence-electron chi connectivity index (χ4n) is 1.69. The minimum absolute atomic E-state index is 0.164. The van der Waals surface area contributed by atoms with E-state index in [0.717, 1.165) is 17.7 Å². The summed E-state index contributed by atoms with van der Waals surface area (Å²) >= 11 is 0. The third kappa shape index (κ3) is 5.50. The second-order valence-corrected chi connectivity index (χ2v) is 7.50. The fraction of sp³-hybridized carbons (Fsp3) is 0.562. The van der Waals surface area contributed by atoms with Crippen molar-refractivity contribution in [2.24, 2.45) is 0 Å². The number of benzene rings is 1. The highest BCUT2D eigenvalue weighted by atomic mass is 32.2. The summed E-state index contributed by atoms with van der Waals surface area (Å²) in [6.07, 6.45) is 0.827. The summed E-state index contributed by atoms with van der Waals surface area (Å²) in [5, 5.41) is 2.40. The molecule has 0 fully saturated rings. The number of hydrogen-bond acceptors (Lipinski definition) is 3. The van der Waals surface area contributed by atoms with Crippen LogP contribution >= 0.6 is 0 Å². The quantitative estimate of drug-likeness (QED) is 0.842. The van der Waals surface area contributed by atoms with E-state index in [1.54, 1.807) is 14.0 Å². The molecule has 1 aromatic rings. The maximum Gasteiger partial charge on any atom is 0.235 e. The topological polar surface area (TPSA) is 55.4 Å². The average Bonchev–Trinajstić information content (AvgIpc) is 2.46. The number of amides is 1. The van der Waals surface area contributed by atoms with E-state index < -0.39 is 16.0 Å². The predicted molar refractivity (Wildman–Crippen MR) is 86.8 cm³/mol. The maximum absolute atomic E-state index is 12.3. The Balaban J connectivity index is 2.68. The average molecular weight is 311 g/mol. The Labute approximate surface area is 129 Å². The Morgan fingerprint density at radius 2 is 2.10 bits per heavy atom. The molecule has 118 valence electrons. The molecule has 0 radical (unpaired) electrons. The fourth-order valence-corrected chi connectivity index (χ4v) is 2.75. The van der Waals surface area contributed by atoms with E-state index in [9.17, 15) is 9.00 Å². The first-order valence-electron chi connectivity index (χ1n) is 7.11. The van der Waals surface area contributed by atoms with Crippen LogP contribution in [0.2, 0.25) is 0 Å². The summed E-state index contributed by atoms with van der Waals surface area (Å²) < 4.78 is 17.5. The molecule has 5 heteroatoms. The number of carbonyl (C=O) groups excluding carboxylic acids is 1. The first-order valence-corrected chi connectivity index (χ1v) is 8.49. The molecular weight excluding hydrogens is 286 g/mol. The van der Waals surface area contributed by atoms with E-state index in [-0.39, 0.29) is 11.4 Å². The molecule has 0 bridgehead atoms. The lowest BCUT2D eigenvalue weighted by Gasteiger charge is -2.26. The second kappa shape index (κ2) is 7.59. The minimum Gasteiger partial charge on any atom is -0.497 e. The van der Waals surface area contributed by atoms with Crippen LogP contribution in [0.4, 0.5) is 0 Å². The van der Waals surface area contributed by atoms with Gasteiger partial charge in [-0.1, -0.05) is 19.1 Å². The van der Waals surface area contributed by atoms with Gasteiger partial charge in [-0.3, -0.25) is 9.00 Å². The van der Waals surface area contributed by atoms with E-state index in [1.807, 2.05) is 45.0 Å². The van der Waals surface area contributed by atoms with Gasteiger partial charge in [0.2, 0.25) is 5.91 Å². The number of methoxy groups -OCH3 is 1. The zero-order valence-electron chi connectivity index (χ0n) is 13.4. The molecule has 1 N–H and O–H groups in total. The molecule has 1 rings (SSSR count). The molecule has 4 nitrogen and oxygen atoms in total. The molecule has 0 aliphatic heterocycles. The smallest absolute Gasteiger partial charge is 0.235 e. The second-order valence-electron chi connectivity index (χ2n) is 5.75. The molecule has 1 amide bonds. The lowest BCUT2D eigenvalue weighted by atomic mass is 10.0. The van der Waals surface area contributed by atoms with Crippen molar-refractivity contribution in [3.8, 4) is 5.75 Å². The standard InChI is InChI=1S/C16H25NO3S/c1-6-16(3,4)17-15(18)12(2)21(19)11-13-8-7-9-14(10-13)20-5/h7-10,12H,6,11H2,1-5H3,(H,17,18)/t12-,21+/m1/s1. The van der Waals surface area contributed by atoms with Crippen LogP contribution in [-0.4, -0.2) is 28.0 Å². The van der Waals surface area contributed by atoms with E-state index in [1.165, 1.54) is 0 Å². The molecule has 0 heterocycles. The van der Waals surface area contributed by atoms with Gasteiger partial charge in [0.15, 0.2) is 0 Å². The van der Waals surface area contributed by atoms with Gasteiger partial charge in [0.05, 0.1) is 7.11 Å².